The molecule has 0 bridgehead atoms. The van der Waals surface area contributed by atoms with Crippen molar-refractivity contribution in [1.82, 2.24) is 4.90 Å². The van der Waals surface area contributed by atoms with E-state index in [-0.39, 0.29) is 6.03 Å². The van der Waals surface area contributed by atoms with Gasteiger partial charge < -0.3 is 15.0 Å². The summed E-state index contributed by atoms with van der Waals surface area (Å²) in [6, 6.07) is 15.5. The number of rotatable bonds is 13. The summed E-state index contributed by atoms with van der Waals surface area (Å²) in [6.45, 7) is 10.8. The number of likely N-dealkylation sites (N-methyl/N-ethyl adjacent to an activating group) is 1. The first-order valence-electron chi connectivity index (χ1n) is 11.6. The zero-order chi connectivity index (χ0) is 23.3. The van der Waals surface area contributed by atoms with E-state index in [0.29, 0.717) is 12.5 Å². The highest BCUT2D eigenvalue weighted by atomic mass is 16.5. The van der Waals surface area contributed by atoms with Gasteiger partial charge in [-0.3, -0.25) is 4.90 Å². The summed E-state index contributed by atoms with van der Waals surface area (Å²) >= 11 is 0. The van der Waals surface area contributed by atoms with Gasteiger partial charge in [0.1, 0.15) is 5.75 Å². The molecule has 2 aromatic rings. The second kappa shape index (κ2) is 13.6. The number of nitrogens with one attached hydrogen (secondary N) is 1. The predicted octanol–water partition coefficient (Wildman–Crippen LogP) is 6.54. The number of hydrogen-bond donors (Lipinski definition) is 1. The number of unbranched alkanes of at least 4 members (excludes halogenated alkanes) is 3. The fraction of sp³-hybridized carbons (Fsp3) is 0.444. The van der Waals surface area contributed by atoms with Crippen molar-refractivity contribution in [3.05, 3.63) is 66.7 Å². The molecular formula is C27H39N3O2. The van der Waals surface area contributed by atoms with Crippen LogP contribution in [0.1, 0.15) is 51.0 Å². The van der Waals surface area contributed by atoms with Gasteiger partial charge in [0.25, 0.3) is 0 Å². The molecule has 1 N–H and O–H groups in total. The standard InChI is InChI=1S/C27H39N3O2/c1-6-19-29(4)20-9-7-8-10-21-32-26-17-15-25(16-18-26)30(5)27(31)28-24-13-11-23(12-14-24)22(2)3/h6,11-18,22H,1,7-10,19-21H2,2-5H3,(H,28,31). The molecule has 0 aliphatic heterocycles. The first-order valence-corrected chi connectivity index (χ1v) is 11.6. The van der Waals surface area contributed by atoms with Crippen LogP contribution in [0.5, 0.6) is 5.75 Å². The predicted molar refractivity (Wildman–Crippen MR) is 136 cm³/mol. The third-order valence-corrected chi connectivity index (χ3v) is 5.50. The molecule has 0 unspecified atom stereocenters. The molecule has 0 radical (unpaired) electrons. The minimum atomic E-state index is -0.172. The van der Waals surface area contributed by atoms with Crippen LogP contribution in [0.3, 0.4) is 0 Å². The Balaban J connectivity index is 1.70. The molecule has 0 saturated heterocycles. The molecule has 0 aromatic heterocycles. The lowest BCUT2D eigenvalue weighted by atomic mass is 10.0. The highest BCUT2D eigenvalue weighted by Crippen LogP contribution is 2.21. The SMILES string of the molecule is C=CCN(C)CCCCCCOc1ccc(N(C)C(=O)Nc2ccc(C(C)C)cc2)cc1. The van der Waals surface area contributed by atoms with Crippen LogP contribution >= 0.6 is 0 Å². The first kappa shape index (κ1) is 25.5. The van der Waals surface area contributed by atoms with Crippen molar-refractivity contribution in [2.45, 2.75) is 45.4 Å². The molecule has 32 heavy (non-hydrogen) atoms. The van der Waals surface area contributed by atoms with E-state index in [1.54, 1.807) is 11.9 Å². The quantitative estimate of drug-likeness (QED) is 0.286. The van der Waals surface area contributed by atoms with Crippen molar-refractivity contribution in [2.24, 2.45) is 0 Å². The van der Waals surface area contributed by atoms with Crippen molar-refractivity contribution in [2.75, 3.05) is 44.0 Å². The maximum absolute atomic E-state index is 12.6. The normalized spacial score (nSPS) is 10.9. The Morgan fingerprint density at radius 2 is 1.66 bits per heavy atom. The molecule has 2 rings (SSSR count). The van der Waals surface area contributed by atoms with Gasteiger partial charge in [-0.2, -0.15) is 0 Å². The topological polar surface area (TPSA) is 44.8 Å². The van der Waals surface area contributed by atoms with E-state index in [9.17, 15) is 4.79 Å². The van der Waals surface area contributed by atoms with Crippen LogP contribution in [-0.4, -0.2) is 44.7 Å². The van der Waals surface area contributed by atoms with Gasteiger partial charge in [0.15, 0.2) is 0 Å². The Morgan fingerprint density at radius 3 is 2.28 bits per heavy atom. The Hall–Kier alpha value is -2.79. The van der Waals surface area contributed by atoms with Gasteiger partial charge >= 0.3 is 6.03 Å². The lowest BCUT2D eigenvalue weighted by Crippen LogP contribution is -2.31. The minimum Gasteiger partial charge on any atom is -0.494 e. The molecule has 0 atom stereocenters. The van der Waals surface area contributed by atoms with E-state index in [4.69, 9.17) is 4.74 Å². The maximum atomic E-state index is 12.6. The molecule has 0 fully saturated rings. The minimum absolute atomic E-state index is 0.172. The molecule has 0 saturated carbocycles. The molecule has 174 valence electrons. The molecular weight excluding hydrogens is 398 g/mol. The smallest absolute Gasteiger partial charge is 0.326 e. The highest BCUT2D eigenvalue weighted by Gasteiger charge is 2.11. The van der Waals surface area contributed by atoms with Crippen LogP contribution in [-0.2, 0) is 0 Å². The van der Waals surface area contributed by atoms with Crippen LogP contribution in [0.4, 0.5) is 16.2 Å². The van der Waals surface area contributed by atoms with Crippen LogP contribution in [0.2, 0.25) is 0 Å². The van der Waals surface area contributed by atoms with Gasteiger partial charge in [-0.1, -0.05) is 44.9 Å². The average molecular weight is 438 g/mol. The van der Waals surface area contributed by atoms with Crippen molar-refractivity contribution >= 4 is 17.4 Å². The molecule has 5 heteroatoms. The summed E-state index contributed by atoms with van der Waals surface area (Å²) in [5, 5.41) is 2.94. The summed E-state index contributed by atoms with van der Waals surface area (Å²) in [6.07, 6.45) is 6.57. The number of benzene rings is 2. The molecule has 0 aliphatic carbocycles. The zero-order valence-corrected chi connectivity index (χ0v) is 20.1. The number of nitrogens with zero attached hydrogens (tertiary/aromatic N) is 2. The average Bonchev–Trinajstić information content (AvgIpc) is 2.79. The summed E-state index contributed by atoms with van der Waals surface area (Å²) in [4.78, 5) is 16.5. The van der Waals surface area contributed by atoms with E-state index in [0.717, 1.165) is 36.6 Å². The Morgan fingerprint density at radius 1 is 1.00 bits per heavy atom. The summed E-state index contributed by atoms with van der Waals surface area (Å²) < 4.78 is 5.85. The lowest BCUT2D eigenvalue weighted by Gasteiger charge is -2.19. The van der Waals surface area contributed by atoms with Crippen molar-refractivity contribution in [3.8, 4) is 5.75 Å². The van der Waals surface area contributed by atoms with Gasteiger partial charge in [0, 0.05) is 25.0 Å². The third-order valence-electron chi connectivity index (χ3n) is 5.50. The van der Waals surface area contributed by atoms with Crippen LogP contribution in [0.25, 0.3) is 0 Å². The fourth-order valence-electron chi connectivity index (χ4n) is 3.38. The molecule has 2 aromatic carbocycles. The first-order chi connectivity index (χ1) is 15.4. The number of hydrogen-bond acceptors (Lipinski definition) is 3. The van der Waals surface area contributed by atoms with Crippen molar-refractivity contribution in [1.29, 1.82) is 0 Å². The Bertz CT molecular complexity index is 816. The van der Waals surface area contributed by atoms with Gasteiger partial charge in [0.2, 0.25) is 0 Å². The van der Waals surface area contributed by atoms with Crippen LogP contribution in [0.15, 0.2) is 61.2 Å². The van der Waals surface area contributed by atoms with Gasteiger partial charge in [-0.15, -0.1) is 6.58 Å². The van der Waals surface area contributed by atoms with Gasteiger partial charge in [-0.05, 0) is 74.3 Å². The van der Waals surface area contributed by atoms with Gasteiger partial charge in [-0.25, -0.2) is 4.79 Å². The largest absolute Gasteiger partial charge is 0.494 e. The third kappa shape index (κ3) is 8.75. The summed E-state index contributed by atoms with van der Waals surface area (Å²) in [5.74, 6) is 1.30. The lowest BCUT2D eigenvalue weighted by molar-refractivity contribution is 0.258. The Kier molecular flexibility index (Phi) is 10.8. The van der Waals surface area contributed by atoms with Gasteiger partial charge in [0.05, 0.1) is 6.61 Å². The zero-order valence-electron chi connectivity index (χ0n) is 20.1. The molecule has 0 aliphatic rings. The van der Waals surface area contributed by atoms with E-state index in [1.807, 2.05) is 54.6 Å². The van der Waals surface area contributed by atoms with E-state index < -0.39 is 0 Å². The van der Waals surface area contributed by atoms with E-state index in [1.165, 1.54) is 24.8 Å². The number of carbonyl (C=O) groups excluding carboxylic acids is 1. The number of amides is 2. The number of carbonyl (C=O) groups is 1. The van der Waals surface area contributed by atoms with Crippen molar-refractivity contribution in [3.63, 3.8) is 0 Å². The highest BCUT2D eigenvalue weighted by molar-refractivity contribution is 6.01. The second-order valence-corrected chi connectivity index (χ2v) is 8.57. The van der Waals surface area contributed by atoms with E-state index >= 15 is 0 Å². The number of anilines is 2. The monoisotopic (exact) mass is 437 g/mol. The summed E-state index contributed by atoms with van der Waals surface area (Å²) in [7, 11) is 3.89. The van der Waals surface area contributed by atoms with Crippen molar-refractivity contribution < 1.29 is 9.53 Å². The van der Waals surface area contributed by atoms with Crippen LogP contribution in [0, 0.1) is 0 Å². The molecule has 0 heterocycles. The number of ether oxygens (including phenoxy) is 1. The second-order valence-electron chi connectivity index (χ2n) is 8.57. The molecule has 0 spiro atoms. The molecule has 2 amide bonds. The van der Waals surface area contributed by atoms with E-state index in [2.05, 4.69) is 37.7 Å². The fourth-order valence-corrected chi connectivity index (χ4v) is 3.38. The molecule has 5 nitrogen and oxygen atoms in total. The van der Waals surface area contributed by atoms with Crippen LogP contribution < -0.4 is 15.0 Å². The maximum Gasteiger partial charge on any atom is 0.326 e. The number of urea groups is 1. The Labute approximate surface area is 194 Å². The summed E-state index contributed by atoms with van der Waals surface area (Å²) in [5.41, 5.74) is 2.86.